The lowest BCUT2D eigenvalue weighted by molar-refractivity contribution is -0.384. The second kappa shape index (κ2) is 8.75. The molecule has 188 valence electrons. The van der Waals surface area contributed by atoms with Gasteiger partial charge in [0.2, 0.25) is 0 Å². The van der Waals surface area contributed by atoms with Crippen LogP contribution in [0, 0.1) is 44.6 Å². The highest BCUT2D eigenvalue weighted by atomic mass is 16.6. The van der Waals surface area contributed by atoms with Gasteiger partial charge in [-0.2, -0.15) is 0 Å². The summed E-state index contributed by atoms with van der Waals surface area (Å²) in [5.74, 6) is 1.67. The summed E-state index contributed by atoms with van der Waals surface area (Å²) in [6.45, 7) is 6.25. The zero-order valence-electron chi connectivity index (χ0n) is 20.8. The SMILES string of the molecule is CC(=O)OC1CC[C@H]2[C@@H]3CCC4C[C@H](OC(=O)c5ccc([N+](=O)[O-])cc5)C=C[C@]4(C)[C@H]3CC[C@]12C. The molecule has 0 aliphatic heterocycles. The zero-order chi connectivity index (χ0) is 25.0. The number of hydrogen-bond acceptors (Lipinski definition) is 6. The monoisotopic (exact) mass is 481 g/mol. The van der Waals surface area contributed by atoms with E-state index in [9.17, 15) is 19.7 Å². The molecule has 3 fully saturated rings. The van der Waals surface area contributed by atoms with Crippen molar-refractivity contribution in [3.63, 3.8) is 0 Å². The van der Waals surface area contributed by atoms with Crippen LogP contribution in [0.25, 0.3) is 0 Å². The predicted molar refractivity (Wildman–Crippen MR) is 129 cm³/mol. The number of carbonyl (C=O) groups is 2. The Labute approximate surface area is 206 Å². The first-order chi connectivity index (χ1) is 16.6. The number of benzene rings is 1. The number of nitrogens with zero attached hydrogens (tertiary/aromatic N) is 1. The summed E-state index contributed by atoms with van der Waals surface area (Å²) in [6.07, 6.45) is 11.6. The minimum Gasteiger partial charge on any atom is -0.462 e. The number of ether oxygens (including phenoxy) is 2. The first-order valence-corrected chi connectivity index (χ1v) is 12.9. The summed E-state index contributed by atoms with van der Waals surface area (Å²) in [5.41, 5.74) is 0.449. The van der Waals surface area contributed by atoms with Gasteiger partial charge in [-0.25, -0.2) is 4.79 Å². The largest absolute Gasteiger partial charge is 0.462 e. The van der Waals surface area contributed by atoms with Gasteiger partial charge in [0.25, 0.3) is 5.69 Å². The van der Waals surface area contributed by atoms with E-state index >= 15 is 0 Å². The number of non-ortho nitro benzene ring substituents is 1. The van der Waals surface area contributed by atoms with Gasteiger partial charge < -0.3 is 9.47 Å². The second-order valence-electron chi connectivity index (χ2n) is 11.6. The summed E-state index contributed by atoms with van der Waals surface area (Å²) in [6, 6.07) is 5.56. The maximum atomic E-state index is 12.7. The average molecular weight is 482 g/mol. The van der Waals surface area contributed by atoms with Gasteiger partial charge in [-0.3, -0.25) is 14.9 Å². The lowest BCUT2D eigenvalue weighted by Gasteiger charge is -2.59. The smallest absolute Gasteiger partial charge is 0.338 e. The summed E-state index contributed by atoms with van der Waals surface area (Å²) >= 11 is 0. The molecule has 0 N–H and O–H groups in total. The molecule has 1 aromatic carbocycles. The molecule has 35 heavy (non-hydrogen) atoms. The molecule has 7 nitrogen and oxygen atoms in total. The lowest BCUT2D eigenvalue weighted by Crippen LogP contribution is -2.53. The molecule has 4 aliphatic carbocycles. The van der Waals surface area contributed by atoms with E-state index in [0.717, 1.165) is 38.5 Å². The van der Waals surface area contributed by atoms with Crippen molar-refractivity contribution < 1.29 is 24.0 Å². The van der Waals surface area contributed by atoms with Crippen molar-refractivity contribution in [3.05, 3.63) is 52.1 Å². The summed E-state index contributed by atoms with van der Waals surface area (Å²) in [4.78, 5) is 34.7. The van der Waals surface area contributed by atoms with Gasteiger partial charge in [0.15, 0.2) is 0 Å². The van der Waals surface area contributed by atoms with E-state index < -0.39 is 10.9 Å². The third kappa shape index (κ3) is 4.07. The van der Waals surface area contributed by atoms with Gasteiger partial charge in [0, 0.05) is 24.5 Å². The Kier molecular flexibility index (Phi) is 6.01. The number of fused-ring (bicyclic) bond motifs is 5. The van der Waals surface area contributed by atoms with Gasteiger partial charge in [-0.05, 0) is 92.2 Å². The minimum absolute atomic E-state index is 0.0431. The van der Waals surface area contributed by atoms with Crippen molar-refractivity contribution in [2.24, 2.45) is 34.5 Å². The fourth-order valence-electron chi connectivity index (χ4n) is 8.13. The van der Waals surface area contributed by atoms with Crippen LogP contribution in [-0.4, -0.2) is 29.1 Å². The summed E-state index contributed by atoms with van der Waals surface area (Å²) < 4.78 is 11.6. The molecule has 0 radical (unpaired) electrons. The normalized spacial score (nSPS) is 39.6. The molecule has 3 saturated carbocycles. The van der Waals surface area contributed by atoms with Crippen LogP contribution in [0.5, 0.6) is 0 Å². The Morgan fingerprint density at radius 3 is 2.43 bits per heavy atom. The van der Waals surface area contributed by atoms with Crippen LogP contribution >= 0.6 is 0 Å². The standard InChI is InChI=1S/C28H35NO6/c1-17(30)34-25-11-10-23-22-9-6-19-16-21(12-14-27(19,2)24(22)13-15-28(23,25)3)35-26(31)18-4-7-20(8-5-18)29(32)33/h4-5,7-8,12,14,19,21-25H,6,9-11,13,15-16H2,1-3H3/t19?,21-,22+,23+,24+,25?,27+,28+/m1/s1. The van der Waals surface area contributed by atoms with E-state index in [1.54, 1.807) is 0 Å². The fraction of sp³-hybridized carbons (Fsp3) is 0.643. The molecule has 7 heteroatoms. The molecule has 4 aliphatic rings. The molecule has 8 atom stereocenters. The van der Waals surface area contributed by atoms with E-state index in [4.69, 9.17) is 9.47 Å². The van der Waals surface area contributed by atoms with Crippen molar-refractivity contribution >= 4 is 17.6 Å². The number of nitro benzene ring substituents is 1. The maximum absolute atomic E-state index is 12.7. The van der Waals surface area contributed by atoms with E-state index in [1.165, 1.54) is 37.6 Å². The molecule has 0 saturated heterocycles. The predicted octanol–water partition coefficient (Wildman–Crippen LogP) is 5.87. The summed E-state index contributed by atoms with van der Waals surface area (Å²) in [7, 11) is 0. The third-order valence-electron chi connectivity index (χ3n) is 9.94. The van der Waals surface area contributed by atoms with E-state index in [-0.39, 0.29) is 34.7 Å². The van der Waals surface area contributed by atoms with Crippen LogP contribution in [0.4, 0.5) is 5.69 Å². The molecule has 1 aromatic rings. The molecular formula is C28H35NO6. The van der Waals surface area contributed by atoms with E-state index in [1.807, 2.05) is 0 Å². The van der Waals surface area contributed by atoms with Crippen molar-refractivity contribution in [1.29, 1.82) is 0 Å². The van der Waals surface area contributed by atoms with Gasteiger partial charge in [0.1, 0.15) is 12.2 Å². The van der Waals surface area contributed by atoms with Crippen molar-refractivity contribution in [1.82, 2.24) is 0 Å². The molecule has 0 spiro atoms. The minimum atomic E-state index is -0.480. The Balaban J connectivity index is 1.28. The number of allylic oxidation sites excluding steroid dienone is 1. The number of hydrogen-bond donors (Lipinski definition) is 0. The van der Waals surface area contributed by atoms with Gasteiger partial charge in [-0.1, -0.05) is 19.9 Å². The highest BCUT2D eigenvalue weighted by molar-refractivity contribution is 5.89. The van der Waals surface area contributed by atoms with Crippen LogP contribution in [0.2, 0.25) is 0 Å². The molecule has 0 bridgehead atoms. The van der Waals surface area contributed by atoms with E-state index in [2.05, 4.69) is 26.0 Å². The number of carbonyl (C=O) groups excluding carboxylic acids is 2. The van der Waals surface area contributed by atoms with Crippen LogP contribution in [0.3, 0.4) is 0 Å². The number of esters is 2. The molecule has 0 heterocycles. The van der Waals surface area contributed by atoms with Gasteiger partial charge in [0.05, 0.1) is 10.5 Å². The Hall–Kier alpha value is -2.70. The maximum Gasteiger partial charge on any atom is 0.338 e. The van der Waals surface area contributed by atoms with Gasteiger partial charge in [-0.15, -0.1) is 0 Å². The topological polar surface area (TPSA) is 95.7 Å². The van der Waals surface area contributed by atoms with Crippen molar-refractivity contribution in [3.8, 4) is 0 Å². The van der Waals surface area contributed by atoms with Gasteiger partial charge >= 0.3 is 11.9 Å². The average Bonchev–Trinajstić information content (AvgIpc) is 3.15. The highest BCUT2D eigenvalue weighted by Crippen LogP contribution is 2.65. The quantitative estimate of drug-likeness (QED) is 0.231. The molecule has 0 aromatic heterocycles. The molecular weight excluding hydrogens is 446 g/mol. The summed E-state index contributed by atoms with van der Waals surface area (Å²) in [5, 5.41) is 10.9. The molecule has 0 amide bonds. The van der Waals surface area contributed by atoms with Crippen molar-refractivity contribution in [2.45, 2.75) is 77.9 Å². The van der Waals surface area contributed by atoms with Crippen LogP contribution in [0.1, 0.15) is 76.1 Å². The highest BCUT2D eigenvalue weighted by Gasteiger charge is 2.60. The van der Waals surface area contributed by atoms with Crippen LogP contribution in [-0.2, 0) is 14.3 Å². The Morgan fingerprint density at radius 1 is 1.00 bits per heavy atom. The first kappa shape index (κ1) is 24.0. The van der Waals surface area contributed by atoms with E-state index in [0.29, 0.717) is 29.2 Å². The van der Waals surface area contributed by atoms with Crippen LogP contribution in [0.15, 0.2) is 36.4 Å². The Morgan fingerprint density at radius 2 is 1.74 bits per heavy atom. The fourth-order valence-corrected chi connectivity index (χ4v) is 8.13. The molecule has 5 rings (SSSR count). The molecule has 2 unspecified atom stereocenters. The van der Waals surface area contributed by atoms with Crippen molar-refractivity contribution in [2.75, 3.05) is 0 Å². The number of rotatable bonds is 4. The first-order valence-electron chi connectivity index (χ1n) is 12.9. The zero-order valence-corrected chi connectivity index (χ0v) is 20.8. The lowest BCUT2D eigenvalue weighted by atomic mass is 9.46. The van der Waals surface area contributed by atoms with Crippen LogP contribution < -0.4 is 0 Å². The third-order valence-corrected chi connectivity index (χ3v) is 9.94. The second-order valence-corrected chi connectivity index (χ2v) is 11.6. The Bertz CT molecular complexity index is 1050. The number of nitro groups is 1.